The Hall–Kier alpha value is -1.91. The molecule has 90 valence electrons. The fourth-order valence-electron chi connectivity index (χ4n) is 2.17. The molecule has 17 heavy (non-hydrogen) atoms. The lowest BCUT2D eigenvalue weighted by Gasteiger charge is -2.10. The predicted octanol–water partition coefficient (Wildman–Crippen LogP) is 1.45. The number of urea groups is 1. The van der Waals surface area contributed by atoms with Crippen molar-refractivity contribution in [2.75, 3.05) is 0 Å². The van der Waals surface area contributed by atoms with Gasteiger partial charge in [-0.05, 0) is 37.8 Å². The molecule has 1 saturated carbocycles. The van der Waals surface area contributed by atoms with E-state index in [0.717, 1.165) is 37.1 Å². The monoisotopic (exact) mass is 232 g/mol. The van der Waals surface area contributed by atoms with E-state index in [-0.39, 0.29) is 0 Å². The van der Waals surface area contributed by atoms with Gasteiger partial charge in [0.2, 0.25) is 0 Å². The Labute approximate surface area is 100 Å². The van der Waals surface area contributed by atoms with Crippen molar-refractivity contribution >= 4 is 11.7 Å². The number of amides is 2. The molecule has 1 aromatic rings. The molecule has 2 amide bonds. The molecule has 0 aromatic carbocycles. The number of pyridine rings is 1. The summed E-state index contributed by atoms with van der Waals surface area (Å²) in [7, 11) is 0. The molecule has 5 heteroatoms. The van der Waals surface area contributed by atoms with Gasteiger partial charge in [-0.3, -0.25) is 4.98 Å². The van der Waals surface area contributed by atoms with Crippen LogP contribution in [0.2, 0.25) is 0 Å². The van der Waals surface area contributed by atoms with E-state index in [9.17, 15) is 4.79 Å². The molecule has 0 spiro atoms. The average molecular weight is 232 g/mol. The van der Waals surface area contributed by atoms with Gasteiger partial charge in [0.05, 0.1) is 0 Å². The molecule has 0 radical (unpaired) electrons. The number of primary amides is 1. The number of nitrogens with zero attached hydrogens (tertiary/aromatic N) is 2. The summed E-state index contributed by atoms with van der Waals surface area (Å²) >= 11 is 0. The zero-order valence-corrected chi connectivity index (χ0v) is 9.60. The number of rotatable bonds is 3. The maximum Gasteiger partial charge on any atom is 0.332 e. The third-order valence-electron chi connectivity index (χ3n) is 2.95. The molecule has 0 aliphatic heterocycles. The molecule has 1 aliphatic carbocycles. The predicted molar refractivity (Wildman–Crippen MR) is 65.4 cm³/mol. The summed E-state index contributed by atoms with van der Waals surface area (Å²) in [4.78, 5) is 14.9. The van der Waals surface area contributed by atoms with Crippen LogP contribution in [0.1, 0.15) is 25.0 Å². The largest absolute Gasteiger partial charge is 0.350 e. The molecule has 1 fully saturated rings. The molecule has 0 bridgehead atoms. The minimum atomic E-state index is -0.610. The molecule has 3 N–H and O–H groups in total. The number of hydrazone groups is 1. The van der Waals surface area contributed by atoms with Gasteiger partial charge in [-0.1, -0.05) is 6.07 Å². The molecular weight excluding hydrogens is 216 g/mol. The average Bonchev–Trinajstić information content (AvgIpc) is 2.75. The van der Waals surface area contributed by atoms with E-state index in [2.05, 4.69) is 15.5 Å². The Morgan fingerprint density at radius 2 is 2.47 bits per heavy atom. The van der Waals surface area contributed by atoms with Crippen LogP contribution in [0, 0.1) is 5.92 Å². The first-order chi connectivity index (χ1) is 8.25. The first-order valence-electron chi connectivity index (χ1n) is 5.77. The van der Waals surface area contributed by atoms with Crippen molar-refractivity contribution in [2.24, 2.45) is 16.8 Å². The van der Waals surface area contributed by atoms with Crippen LogP contribution in [-0.2, 0) is 6.42 Å². The van der Waals surface area contributed by atoms with Gasteiger partial charge in [-0.25, -0.2) is 10.2 Å². The van der Waals surface area contributed by atoms with E-state index in [1.54, 1.807) is 6.20 Å². The van der Waals surface area contributed by atoms with Crippen molar-refractivity contribution < 1.29 is 4.79 Å². The summed E-state index contributed by atoms with van der Waals surface area (Å²) in [6.45, 7) is 0. The topological polar surface area (TPSA) is 80.4 Å². The van der Waals surface area contributed by atoms with Crippen LogP contribution in [0.15, 0.2) is 29.5 Å². The Kier molecular flexibility index (Phi) is 3.69. The summed E-state index contributed by atoms with van der Waals surface area (Å²) in [6, 6.07) is 5.29. The van der Waals surface area contributed by atoms with Crippen LogP contribution in [0.5, 0.6) is 0 Å². The van der Waals surface area contributed by atoms with Gasteiger partial charge >= 0.3 is 6.03 Å². The van der Waals surface area contributed by atoms with E-state index < -0.39 is 6.03 Å². The standard InChI is InChI=1S/C12H16N4O/c13-12(17)16-15-11-6-3-4-9(11)8-10-5-1-2-7-14-10/h1-2,5,7,9H,3-4,6,8H2,(H3,13,16,17)/b15-11+. The number of carbonyl (C=O) groups excluding carboxylic acids is 1. The summed E-state index contributed by atoms with van der Waals surface area (Å²) in [5, 5.41) is 4.06. The second kappa shape index (κ2) is 5.43. The molecule has 1 aromatic heterocycles. The van der Waals surface area contributed by atoms with Gasteiger partial charge in [0.1, 0.15) is 0 Å². The third kappa shape index (κ3) is 3.27. The van der Waals surface area contributed by atoms with Crippen molar-refractivity contribution in [1.29, 1.82) is 0 Å². The summed E-state index contributed by atoms with van der Waals surface area (Å²) in [5.41, 5.74) is 9.39. The van der Waals surface area contributed by atoms with Crippen molar-refractivity contribution in [1.82, 2.24) is 10.4 Å². The molecule has 1 unspecified atom stereocenters. The van der Waals surface area contributed by atoms with E-state index in [4.69, 9.17) is 5.73 Å². The van der Waals surface area contributed by atoms with Gasteiger partial charge in [-0.15, -0.1) is 0 Å². The van der Waals surface area contributed by atoms with Gasteiger partial charge in [-0.2, -0.15) is 5.10 Å². The fourth-order valence-corrected chi connectivity index (χ4v) is 2.17. The summed E-state index contributed by atoms with van der Waals surface area (Å²) in [6.07, 6.45) is 5.80. The smallest absolute Gasteiger partial charge is 0.332 e. The van der Waals surface area contributed by atoms with Crippen LogP contribution in [-0.4, -0.2) is 16.7 Å². The Bertz CT molecular complexity index is 416. The van der Waals surface area contributed by atoms with Crippen molar-refractivity contribution in [2.45, 2.75) is 25.7 Å². The zero-order chi connectivity index (χ0) is 12.1. The number of nitrogens with one attached hydrogen (secondary N) is 1. The highest BCUT2D eigenvalue weighted by molar-refractivity contribution is 5.89. The van der Waals surface area contributed by atoms with Gasteiger partial charge < -0.3 is 5.73 Å². The van der Waals surface area contributed by atoms with Crippen molar-refractivity contribution in [3.63, 3.8) is 0 Å². The maximum absolute atomic E-state index is 10.6. The SMILES string of the molecule is NC(=O)N/N=C1\CCCC1Cc1ccccn1. The minimum Gasteiger partial charge on any atom is -0.350 e. The second-order valence-electron chi connectivity index (χ2n) is 4.19. The van der Waals surface area contributed by atoms with Crippen LogP contribution in [0.4, 0.5) is 4.79 Å². The van der Waals surface area contributed by atoms with Gasteiger partial charge in [0.25, 0.3) is 0 Å². The fraction of sp³-hybridized carbons (Fsp3) is 0.417. The number of aromatic nitrogens is 1. The van der Waals surface area contributed by atoms with Crippen molar-refractivity contribution in [3.8, 4) is 0 Å². The van der Waals surface area contributed by atoms with Gasteiger partial charge in [0.15, 0.2) is 0 Å². The maximum atomic E-state index is 10.6. The zero-order valence-electron chi connectivity index (χ0n) is 9.60. The van der Waals surface area contributed by atoms with Gasteiger partial charge in [0, 0.05) is 23.5 Å². The normalized spacial score (nSPS) is 21.6. The highest BCUT2D eigenvalue weighted by atomic mass is 16.2. The van der Waals surface area contributed by atoms with E-state index in [0.29, 0.717) is 5.92 Å². The molecule has 1 heterocycles. The van der Waals surface area contributed by atoms with E-state index in [1.165, 1.54) is 0 Å². The van der Waals surface area contributed by atoms with Crippen molar-refractivity contribution in [3.05, 3.63) is 30.1 Å². The molecule has 5 nitrogen and oxygen atoms in total. The van der Waals surface area contributed by atoms with Crippen LogP contribution >= 0.6 is 0 Å². The summed E-state index contributed by atoms with van der Waals surface area (Å²) < 4.78 is 0. The molecule has 0 saturated heterocycles. The Morgan fingerprint density at radius 1 is 1.59 bits per heavy atom. The van der Waals surface area contributed by atoms with E-state index >= 15 is 0 Å². The quantitative estimate of drug-likeness (QED) is 0.773. The van der Waals surface area contributed by atoms with Crippen LogP contribution in [0.3, 0.4) is 0 Å². The molecular formula is C12H16N4O. The van der Waals surface area contributed by atoms with Crippen LogP contribution < -0.4 is 11.2 Å². The lowest BCUT2D eigenvalue weighted by Crippen LogP contribution is -2.26. The minimum absolute atomic E-state index is 0.372. The number of hydrogen-bond donors (Lipinski definition) is 2. The molecule has 1 aliphatic rings. The third-order valence-corrected chi connectivity index (χ3v) is 2.95. The first-order valence-corrected chi connectivity index (χ1v) is 5.77. The van der Waals surface area contributed by atoms with E-state index in [1.807, 2.05) is 18.2 Å². The van der Waals surface area contributed by atoms with Crippen LogP contribution in [0.25, 0.3) is 0 Å². The summed E-state index contributed by atoms with van der Waals surface area (Å²) in [5.74, 6) is 0.372. The highest BCUT2D eigenvalue weighted by Crippen LogP contribution is 2.25. The second-order valence-corrected chi connectivity index (χ2v) is 4.19. The first kappa shape index (κ1) is 11.6. The molecule has 2 rings (SSSR count). The number of nitrogens with two attached hydrogens (primary N) is 1. The molecule has 1 atom stereocenters. The Balaban J connectivity index is 2.00. The number of hydrogen-bond acceptors (Lipinski definition) is 3. The lowest BCUT2D eigenvalue weighted by atomic mass is 10.00. The highest BCUT2D eigenvalue weighted by Gasteiger charge is 2.23. The number of carbonyl (C=O) groups is 1. The Morgan fingerprint density at radius 3 is 3.18 bits per heavy atom. The lowest BCUT2D eigenvalue weighted by molar-refractivity contribution is 0.249.